The molecule has 0 radical (unpaired) electrons. The summed E-state index contributed by atoms with van der Waals surface area (Å²) in [5, 5.41) is 6.25. The number of rotatable bonds is 10. The van der Waals surface area contributed by atoms with Crippen LogP contribution in [0.3, 0.4) is 0 Å². The maximum Gasteiger partial charge on any atom is 0.393 e. The second kappa shape index (κ2) is 11.7. The Labute approximate surface area is 270 Å². The summed E-state index contributed by atoms with van der Waals surface area (Å²) in [5.74, 6) is -30.6. The average Bonchev–Trinajstić information content (AvgIpc) is 3.46. The Balaban J connectivity index is 1.93. The number of carbonyl (C=O) groups is 1. The Morgan fingerprint density at radius 3 is 1.83 bits per heavy atom. The van der Waals surface area contributed by atoms with E-state index in [0.29, 0.717) is 16.3 Å². The fourth-order valence-electron chi connectivity index (χ4n) is 5.58. The summed E-state index contributed by atoms with van der Waals surface area (Å²) >= 11 is 4.04. The highest BCUT2D eigenvalue weighted by atomic mass is 35.5. The smallest absolute Gasteiger partial charge is 0.393 e. The first kappa shape index (κ1) is 35.1. The van der Waals surface area contributed by atoms with Crippen LogP contribution in [-0.4, -0.2) is 45.4 Å². The van der Waals surface area contributed by atoms with Crippen molar-refractivity contribution in [3.8, 4) is 5.69 Å². The molecule has 0 saturated heterocycles. The molecule has 1 N–H and O–H groups in total. The Hall–Kier alpha value is -4.24. The molecule has 16 heteroatoms. The summed E-state index contributed by atoms with van der Waals surface area (Å²) in [5.41, 5.74) is -8.32. The van der Waals surface area contributed by atoms with Crippen LogP contribution in [0.2, 0.25) is 0 Å². The lowest BCUT2D eigenvalue weighted by Gasteiger charge is -2.47. The van der Waals surface area contributed by atoms with Crippen LogP contribution in [0.1, 0.15) is 39.7 Å². The first-order chi connectivity index (χ1) is 22.3. The number of carbonyl (C=O) groups excluding carboxylic acids is 1. The monoisotopic (exact) mass is 708 g/mol. The highest BCUT2D eigenvalue weighted by Crippen LogP contribution is 2.62. The van der Waals surface area contributed by atoms with Crippen molar-refractivity contribution in [2.75, 3.05) is 11.5 Å². The van der Waals surface area contributed by atoms with E-state index in [2.05, 4.69) is 11.6 Å². The molecule has 1 aromatic heterocycles. The summed E-state index contributed by atoms with van der Waals surface area (Å²) < 4.78 is 154. The van der Waals surface area contributed by atoms with E-state index in [0.717, 1.165) is 4.90 Å². The van der Waals surface area contributed by atoms with E-state index in [4.69, 9.17) is 4.74 Å². The van der Waals surface area contributed by atoms with Gasteiger partial charge in [0.1, 0.15) is 0 Å². The average molecular weight is 709 g/mol. The molecule has 5 nitrogen and oxygen atoms in total. The molecule has 2 heterocycles. The van der Waals surface area contributed by atoms with Gasteiger partial charge >= 0.3 is 35.0 Å². The van der Waals surface area contributed by atoms with Crippen LogP contribution >= 0.6 is 11.6 Å². The molecule has 0 aliphatic carbocycles. The first-order valence-electron chi connectivity index (χ1n) is 14.0. The van der Waals surface area contributed by atoms with Gasteiger partial charge in [0.25, 0.3) is 0 Å². The standard InChI is InChI=1S/C32H23ClF10N2O3/c1-2-48-26(46)21-18-44-22-15-9-10-16-23(22)45(17-19-11-5-3-6-12-19)27(47,20-13-7-4-8-14-20)25(44)24(21)28(34,35)29(36,37)30(38,39)31(40,41)32(33,42)43/h3-16,18,47H,2,17H2,1H3. The molecule has 1 aliphatic heterocycles. The Morgan fingerprint density at radius 1 is 0.771 bits per heavy atom. The number of hydrogen-bond donors (Lipinski definition) is 1. The Morgan fingerprint density at radius 2 is 1.29 bits per heavy atom. The lowest BCUT2D eigenvalue weighted by molar-refractivity contribution is -0.393. The molecule has 1 unspecified atom stereocenters. The molecular formula is C32H23ClF10N2O3. The van der Waals surface area contributed by atoms with Crippen LogP contribution in [0, 0.1) is 0 Å². The van der Waals surface area contributed by atoms with Gasteiger partial charge in [0, 0.05) is 18.3 Å². The number of alkyl halides is 11. The second-order valence-electron chi connectivity index (χ2n) is 10.8. The van der Waals surface area contributed by atoms with Crippen molar-refractivity contribution in [1.29, 1.82) is 0 Å². The van der Waals surface area contributed by atoms with Crippen LogP contribution in [0.4, 0.5) is 49.6 Å². The molecule has 0 amide bonds. The van der Waals surface area contributed by atoms with Gasteiger partial charge in [-0.25, -0.2) is 4.79 Å². The molecule has 256 valence electrons. The fourth-order valence-corrected chi connectivity index (χ4v) is 5.69. The molecule has 0 saturated carbocycles. The van der Waals surface area contributed by atoms with Crippen LogP contribution in [0.5, 0.6) is 0 Å². The number of aliphatic hydroxyl groups is 1. The molecule has 0 spiro atoms. The van der Waals surface area contributed by atoms with Crippen molar-refractivity contribution in [1.82, 2.24) is 4.57 Å². The Kier molecular flexibility index (Phi) is 8.57. The minimum Gasteiger partial charge on any atom is -0.462 e. The minimum absolute atomic E-state index is 0.0610. The highest BCUT2D eigenvalue weighted by Gasteiger charge is 2.87. The van der Waals surface area contributed by atoms with Crippen LogP contribution < -0.4 is 4.90 Å². The number of ether oxygens (including phenoxy) is 1. The maximum absolute atomic E-state index is 16.4. The third kappa shape index (κ3) is 5.00. The maximum atomic E-state index is 16.4. The van der Waals surface area contributed by atoms with Crippen molar-refractivity contribution in [3.05, 3.63) is 119 Å². The summed E-state index contributed by atoms with van der Waals surface area (Å²) in [4.78, 5) is 14.2. The normalized spacial score (nSPS) is 17.1. The second-order valence-corrected chi connectivity index (χ2v) is 11.2. The van der Waals surface area contributed by atoms with E-state index in [1.165, 1.54) is 61.5 Å². The number of aromatic nitrogens is 1. The van der Waals surface area contributed by atoms with E-state index >= 15 is 17.6 Å². The molecule has 5 rings (SSSR count). The van der Waals surface area contributed by atoms with Crippen molar-refractivity contribution >= 4 is 23.3 Å². The highest BCUT2D eigenvalue weighted by molar-refractivity contribution is 6.22. The van der Waals surface area contributed by atoms with E-state index in [1.807, 2.05) is 0 Å². The zero-order chi connectivity index (χ0) is 35.5. The molecule has 1 atom stereocenters. The van der Waals surface area contributed by atoms with Crippen molar-refractivity contribution in [2.24, 2.45) is 0 Å². The summed E-state index contributed by atoms with van der Waals surface area (Å²) in [6, 6.07) is 19.8. The van der Waals surface area contributed by atoms with Gasteiger partial charge in [0.2, 0.25) is 5.72 Å². The number of nitrogens with zero attached hydrogens (tertiary/aromatic N) is 2. The van der Waals surface area contributed by atoms with Gasteiger partial charge in [-0.1, -0.05) is 72.8 Å². The van der Waals surface area contributed by atoms with Crippen molar-refractivity contribution in [2.45, 2.75) is 48.3 Å². The molecule has 0 bridgehead atoms. The molecule has 1 aliphatic rings. The summed E-state index contributed by atoms with van der Waals surface area (Å²) in [6.07, 6.45) is 0.492. The van der Waals surface area contributed by atoms with Gasteiger partial charge in [-0.05, 0) is 36.2 Å². The predicted octanol–water partition coefficient (Wildman–Crippen LogP) is 8.70. The van der Waals surface area contributed by atoms with E-state index in [-0.39, 0.29) is 23.5 Å². The molecule has 0 fully saturated rings. The van der Waals surface area contributed by atoms with Crippen LogP contribution in [0.25, 0.3) is 5.69 Å². The van der Waals surface area contributed by atoms with E-state index < -0.39 is 64.2 Å². The van der Waals surface area contributed by atoms with Gasteiger partial charge < -0.3 is 19.3 Å². The predicted molar refractivity (Wildman–Crippen MR) is 153 cm³/mol. The zero-order valence-corrected chi connectivity index (χ0v) is 25.1. The third-order valence-electron chi connectivity index (χ3n) is 7.87. The molecule has 48 heavy (non-hydrogen) atoms. The molecular weight excluding hydrogens is 686 g/mol. The van der Waals surface area contributed by atoms with Crippen LogP contribution in [0.15, 0.2) is 91.1 Å². The van der Waals surface area contributed by atoms with Crippen LogP contribution in [-0.2, 0) is 22.9 Å². The summed E-state index contributed by atoms with van der Waals surface area (Å²) in [6.45, 7) is 0.263. The Bertz CT molecular complexity index is 1810. The quantitative estimate of drug-likeness (QED) is 0.102. The van der Waals surface area contributed by atoms with E-state index in [1.54, 1.807) is 30.3 Å². The molecule has 3 aromatic carbocycles. The number of esters is 1. The number of anilines is 1. The third-order valence-corrected chi connectivity index (χ3v) is 8.10. The first-order valence-corrected chi connectivity index (χ1v) is 14.3. The number of para-hydroxylation sites is 2. The van der Waals surface area contributed by atoms with E-state index in [9.17, 15) is 36.2 Å². The largest absolute Gasteiger partial charge is 0.462 e. The van der Waals surface area contributed by atoms with Gasteiger partial charge in [-0.15, -0.1) is 0 Å². The lowest BCUT2D eigenvalue weighted by Crippen LogP contribution is -2.65. The van der Waals surface area contributed by atoms with Gasteiger partial charge in [-0.2, -0.15) is 43.9 Å². The zero-order valence-electron chi connectivity index (χ0n) is 24.4. The van der Waals surface area contributed by atoms with Crippen molar-refractivity contribution < 1.29 is 58.5 Å². The topological polar surface area (TPSA) is 54.7 Å². The number of halogens is 11. The molecule has 4 aromatic rings. The fraction of sp³-hybridized carbons (Fsp3) is 0.281. The van der Waals surface area contributed by atoms with Gasteiger partial charge in [0.15, 0.2) is 0 Å². The van der Waals surface area contributed by atoms with Crippen molar-refractivity contribution in [3.63, 3.8) is 0 Å². The number of hydrogen-bond acceptors (Lipinski definition) is 4. The number of fused-ring (bicyclic) bond motifs is 3. The summed E-state index contributed by atoms with van der Waals surface area (Å²) in [7, 11) is 0. The van der Waals surface area contributed by atoms with Gasteiger partial charge in [-0.3, -0.25) is 0 Å². The van der Waals surface area contributed by atoms with Gasteiger partial charge in [0.05, 0.1) is 34.8 Å². The SMILES string of the molecule is CCOC(=O)c1cn2c(c1C(F)(F)C(F)(F)C(F)(F)C(F)(F)C(F)(F)Cl)C(O)(c1ccccc1)N(Cc1ccccc1)c1ccccc1-2. The lowest BCUT2D eigenvalue weighted by atomic mass is 9.85. The number of benzene rings is 3. The minimum atomic E-state index is -7.54.